The third-order valence-corrected chi connectivity index (χ3v) is 6.28. The van der Waals surface area contributed by atoms with Crippen molar-refractivity contribution in [3.05, 3.63) is 48.9 Å². The van der Waals surface area contributed by atoms with Gasteiger partial charge >= 0.3 is 6.18 Å². The van der Waals surface area contributed by atoms with E-state index in [4.69, 9.17) is 0 Å². The van der Waals surface area contributed by atoms with Crippen LogP contribution in [-0.4, -0.2) is 45.5 Å². The van der Waals surface area contributed by atoms with Gasteiger partial charge in [-0.05, 0) is 36.8 Å². The number of anilines is 2. The van der Waals surface area contributed by atoms with Crippen molar-refractivity contribution in [3.63, 3.8) is 0 Å². The number of aromatic nitrogens is 4. The Morgan fingerprint density at radius 1 is 0.931 bits per heavy atom. The molecule has 0 saturated carbocycles. The van der Waals surface area contributed by atoms with Crippen LogP contribution >= 0.6 is 0 Å². The highest BCUT2D eigenvalue weighted by Crippen LogP contribution is 2.43. The van der Waals surface area contributed by atoms with Crippen LogP contribution < -0.4 is 9.80 Å². The molecular weight excluding hydrogens is 381 g/mol. The van der Waals surface area contributed by atoms with Gasteiger partial charge in [-0.25, -0.2) is 15.0 Å². The maximum atomic E-state index is 12.7. The molecule has 0 aromatic carbocycles. The molecule has 152 valence electrons. The Balaban J connectivity index is 1.27. The maximum absolute atomic E-state index is 12.7. The van der Waals surface area contributed by atoms with Gasteiger partial charge in [0.1, 0.15) is 11.2 Å². The van der Waals surface area contributed by atoms with Crippen molar-refractivity contribution in [3.8, 4) is 0 Å². The lowest BCUT2D eigenvalue weighted by molar-refractivity contribution is -0.141. The minimum absolute atomic E-state index is 0.199. The van der Waals surface area contributed by atoms with Crippen molar-refractivity contribution in [2.24, 2.45) is 5.41 Å². The lowest BCUT2D eigenvalue weighted by Gasteiger charge is -2.40. The molecule has 2 aliphatic rings. The van der Waals surface area contributed by atoms with Crippen molar-refractivity contribution in [1.82, 2.24) is 19.4 Å². The molecule has 0 atom stereocenters. The van der Waals surface area contributed by atoms with Crippen LogP contribution in [0.3, 0.4) is 0 Å². The van der Waals surface area contributed by atoms with Crippen LogP contribution in [0.5, 0.6) is 0 Å². The fourth-order valence-electron chi connectivity index (χ4n) is 4.58. The molecule has 3 aromatic heterocycles. The van der Waals surface area contributed by atoms with Crippen molar-refractivity contribution >= 4 is 17.0 Å². The zero-order chi connectivity index (χ0) is 20.1. The van der Waals surface area contributed by atoms with Gasteiger partial charge < -0.3 is 14.2 Å². The van der Waals surface area contributed by atoms with Gasteiger partial charge in [0.15, 0.2) is 5.82 Å². The Bertz CT molecular complexity index is 1000. The first-order chi connectivity index (χ1) is 13.9. The molecule has 3 aromatic rings. The van der Waals surface area contributed by atoms with Crippen molar-refractivity contribution in [2.45, 2.75) is 25.4 Å². The van der Waals surface area contributed by atoms with E-state index >= 15 is 0 Å². The van der Waals surface area contributed by atoms with Crippen LogP contribution in [0.25, 0.3) is 5.52 Å². The molecule has 0 amide bonds. The molecule has 6 nitrogen and oxygen atoms in total. The number of fused-ring (bicyclic) bond motifs is 1. The molecular formula is C20H21F3N6. The van der Waals surface area contributed by atoms with Crippen LogP contribution in [0.4, 0.5) is 24.7 Å². The fraction of sp³-hybridized carbons (Fsp3) is 0.450. The normalized spacial score (nSPS) is 19.4. The predicted molar refractivity (Wildman–Crippen MR) is 103 cm³/mol. The lowest BCUT2D eigenvalue weighted by atomic mass is 9.78. The molecule has 0 bridgehead atoms. The Labute approximate surface area is 166 Å². The van der Waals surface area contributed by atoms with Gasteiger partial charge in [-0.2, -0.15) is 13.2 Å². The van der Waals surface area contributed by atoms with E-state index in [1.807, 2.05) is 16.8 Å². The first-order valence-corrected chi connectivity index (χ1v) is 9.73. The van der Waals surface area contributed by atoms with Crippen LogP contribution in [-0.2, 0) is 6.18 Å². The first-order valence-electron chi connectivity index (χ1n) is 9.73. The Morgan fingerprint density at radius 2 is 1.69 bits per heavy atom. The first kappa shape index (κ1) is 18.2. The lowest BCUT2D eigenvalue weighted by Crippen LogP contribution is -2.42. The average Bonchev–Trinajstić information content (AvgIpc) is 3.36. The van der Waals surface area contributed by atoms with Crippen molar-refractivity contribution < 1.29 is 13.2 Å². The fourth-order valence-corrected chi connectivity index (χ4v) is 4.58. The summed E-state index contributed by atoms with van der Waals surface area (Å²) in [5, 5.41) is 0. The van der Waals surface area contributed by atoms with Crippen LogP contribution in [0.15, 0.2) is 43.2 Å². The molecule has 5 rings (SSSR count). The van der Waals surface area contributed by atoms with Gasteiger partial charge in [0.25, 0.3) is 0 Å². The molecule has 0 N–H and O–H groups in total. The molecule has 2 aliphatic heterocycles. The van der Waals surface area contributed by atoms with Crippen molar-refractivity contribution in [2.75, 3.05) is 36.0 Å². The molecule has 1 spiro atoms. The minimum Gasteiger partial charge on any atom is -0.370 e. The summed E-state index contributed by atoms with van der Waals surface area (Å²) in [6.07, 6.45) is 7.37. The molecule has 2 fully saturated rings. The standard InChI is InChI=1S/C20H21F3N6/c21-20(22,23)17-2-1-15(11-26-17)28-9-5-19(13-28)3-7-27(8-4-19)18-16-12-24-14-29(16)10-6-25-18/h1-2,6,10-12,14H,3-5,7-9,13H2. The second-order valence-electron chi connectivity index (χ2n) is 8.00. The average molecular weight is 402 g/mol. The topological polar surface area (TPSA) is 49.6 Å². The zero-order valence-electron chi connectivity index (χ0n) is 15.8. The number of piperidine rings is 1. The quantitative estimate of drug-likeness (QED) is 0.655. The summed E-state index contributed by atoms with van der Waals surface area (Å²) in [5.74, 6) is 0.960. The summed E-state index contributed by atoms with van der Waals surface area (Å²) >= 11 is 0. The number of hydrogen-bond donors (Lipinski definition) is 0. The Hall–Kier alpha value is -2.84. The second kappa shape index (κ2) is 6.60. The number of alkyl halides is 3. The number of halogens is 3. The van der Waals surface area contributed by atoms with Gasteiger partial charge in [0, 0.05) is 38.6 Å². The number of nitrogens with zero attached hydrogens (tertiary/aromatic N) is 6. The van der Waals surface area contributed by atoms with Crippen LogP contribution in [0, 0.1) is 5.41 Å². The largest absolute Gasteiger partial charge is 0.433 e. The highest BCUT2D eigenvalue weighted by Gasteiger charge is 2.41. The minimum atomic E-state index is -4.40. The summed E-state index contributed by atoms with van der Waals surface area (Å²) in [6.45, 7) is 3.54. The number of pyridine rings is 1. The third kappa shape index (κ3) is 3.28. The van der Waals surface area contributed by atoms with Crippen LogP contribution in [0.1, 0.15) is 25.0 Å². The van der Waals surface area contributed by atoms with Gasteiger partial charge in [-0.1, -0.05) is 0 Å². The van der Waals surface area contributed by atoms with Gasteiger partial charge in [-0.3, -0.25) is 0 Å². The summed E-state index contributed by atoms with van der Waals surface area (Å²) in [5.41, 5.74) is 1.13. The van der Waals surface area contributed by atoms with E-state index in [9.17, 15) is 13.2 Å². The van der Waals surface area contributed by atoms with E-state index in [2.05, 4.69) is 24.8 Å². The van der Waals surface area contributed by atoms with E-state index in [1.54, 1.807) is 12.5 Å². The summed E-state index contributed by atoms with van der Waals surface area (Å²) in [6, 6.07) is 2.61. The number of hydrogen-bond acceptors (Lipinski definition) is 5. The van der Waals surface area contributed by atoms with E-state index in [1.165, 1.54) is 12.3 Å². The molecule has 2 saturated heterocycles. The third-order valence-electron chi connectivity index (χ3n) is 6.28. The van der Waals surface area contributed by atoms with Gasteiger partial charge in [0.05, 0.1) is 24.4 Å². The van der Waals surface area contributed by atoms with Crippen molar-refractivity contribution in [1.29, 1.82) is 0 Å². The molecule has 29 heavy (non-hydrogen) atoms. The molecule has 0 radical (unpaired) electrons. The summed E-state index contributed by atoms with van der Waals surface area (Å²) in [7, 11) is 0. The van der Waals surface area contributed by atoms with Crippen LogP contribution in [0.2, 0.25) is 0 Å². The monoisotopic (exact) mass is 402 g/mol. The SMILES string of the molecule is FC(F)(F)c1ccc(N2CCC3(CCN(c4nccn5cncc45)CC3)C2)cn1. The van der Waals surface area contributed by atoms with Gasteiger partial charge in [-0.15, -0.1) is 0 Å². The number of imidazole rings is 1. The highest BCUT2D eigenvalue weighted by molar-refractivity contribution is 5.68. The zero-order valence-corrected chi connectivity index (χ0v) is 15.8. The Morgan fingerprint density at radius 3 is 2.38 bits per heavy atom. The smallest absolute Gasteiger partial charge is 0.370 e. The summed E-state index contributed by atoms with van der Waals surface area (Å²) in [4.78, 5) is 16.9. The highest BCUT2D eigenvalue weighted by atomic mass is 19.4. The van der Waals surface area contributed by atoms with E-state index in [0.29, 0.717) is 0 Å². The van der Waals surface area contributed by atoms with E-state index < -0.39 is 11.9 Å². The predicted octanol–water partition coefficient (Wildman–Crippen LogP) is 3.64. The number of rotatable bonds is 2. The molecule has 5 heterocycles. The van der Waals surface area contributed by atoms with E-state index in [-0.39, 0.29) is 5.41 Å². The van der Waals surface area contributed by atoms with E-state index in [0.717, 1.165) is 68.5 Å². The van der Waals surface area contributed by atoms with Gasteiger partial charge in [0.2, 0.25) is 0 Å². The second-order valence-corrected chi connectivity index (χ2v) is 8.00. The maximum Gasteiger partial charge on any atom is 0.433 e. The summed E-state index contributed by atoms with van der Waals surface area (Å²) < 4.78 is 40.2. The molecule has 0 aliphatic carbocycles. The molecule has 0 unspecified atom stereocenters. The Kier molecular flexibility index (Phi) is 4.15. The molecule has 9 heteroatoms.